The van der Waals surface area contributed by atoms with E-state index in [4.69, 9.17) is 11.6 Å². The van der Waals surface area contributed by atoms with Crippen LogP contribution in [0.1, 0.15) is 20.7 Å². The van der Waals surface area contributed by atoms with Crippen LogP contribution in [0.2, 0.25) is 5.02 Å². The topological polar surface area (TPSA) is 34.1 Å². The van der Waals surface area contributed by atoms with Crippen molar-refractivity contribution in [3.8, 4) is 0 Å². The maximum Gasteiger partial charge on any atom is 0.454 e. The molecule has 0 radical (unpaired) electrons. The molecule has 1 aromatic rings. The van der Waals surface area contributed by atoms with Crippen molar-refractivity contribution in [2.75, 3.05) is 0 Å². The highest BCUT2D eigenvalue weighted by atomic mass is 35.5. The molecule has 19 heavy (non-hydrogen) atoms. The van der Waals surface area contributed by atoms with E-state index in [0.29, 0.717) is 12.1 Å². The maximum atomic E-state index is 12.1. The SMILES string of the molecule is O=C(c1cc(Cl)cc(C(=O)C(F)(F)F)c1)C(F)(F)F. The number of ketones is 2. The van der Waals surface area contributed by atoms with E-state index in [-0.39, 0.29) is 6.07 Å². The van der Waals surface area contributed by atoms with E-state index in [2.05, 4.69) is 0 Å². The van der Waals surface area contributed by atoms with Gasteiger partial charge in [-0.2, -0.15) is 26.3 Å². The molecular formula is C10H3ClF6O2. The summed E-state index contributed by atoms with van der Waals surface area (Å²) in [5.74, 6) is -4.77. The van der Waals surface area contributed by atoms with Crippen molar-refractivity contribution in [1.82, 2.24) is 0 Å². The number of hydrogen-bond acceptors (Lipinski definition) is 2. The second-order valence-electron chi connectivity index (χ2n) is 3.38. The highest BCUT2D eigenvalue weighted by Crippen LogP contribution is 2.27. The lowest BCUT2D eigenvalue weighted by atomic mass is 10.0. The number of Topliss-reactive ketones (excluding diaryl/α,β-unsaturated/α-hetero) is 2. The molecule has 0 aliphatic carbocycles. The van der Waals surface area contributed by atoms with Gasteiger partial charge in [-0.05, 0) is 18.2 Å². The lowest BCUT2D eigenvalue weighted by Crippen LogP contribution is -2.25. The highest BCUT2D eigenvalue weighted by molar-refractivity contribution is 6.31. The van der Waals surface area contributed by atoms with Gasteiger partial charge < -0.3 is 0 Å². The fourth-order valence-electron chi connectivity index (χ4n) is 1.18. The first-order chi connectivity index (χ1) is 8.43. The van der Waals surface area contributed by atoms with E-state index in [1.807, 2.05) is 0 Å². The van der Waals surface area contributed by atoms with Gasteiger partial charge in [-0.3, -0.25) is 9.59 Å². The lowest BCUT2D eigenvalue weighted by Gasteiger charge is -2.09. The molecule has 1 aromatic carbocycles. The largest absolute Gasteiger partial charge is 0.454 e. The molecule has 0 amide bonds. The Morgan fingerprint density at radius 1 is 0.789 bits per heavy atom. The van der Waals surface area contributed by atoms with Crippen LogP contribution in [-0.4, -0.2) is 23.9 Å². The van der Waals surface area contributed by atoms with Gasteiger partial charge in [-0.25, -0.2) is 0 Å². The minimum absolute atomic E-state index is 0.206. The third kappa shape index (κ3) is 3.69. The first kappa shape index (κ1) is 15.5. The summed E-state index contributed by atoms with van der Waals surface area (Å²) >= 11 is 5.30. The van der Waals surface area contributed by atoms with Crippen LogP contribution in [0, 0.1) is 0 Å². The number of rotatable bonds is 2. The Bertz CT molecular complexity index is 488. The van der Waals surface area contributed by atoms with Gasteiger partial charge in [0.1, 0.15) is 0 Å². The van der Waals surface area contributed by atoms with Gasteiger partial charge in [0.25, 0.3) is 11.6 Å². The number of halogens is 7. The van der Waals surface area contributed by atoms with Crippen molar-refractivity contribution in [3.63, 3.8) is 0 Å². The molecule has 0 fully saturated rings. The Morgan fingerprint density at radius 2 is 1.11 bits per heavy atom. The highest BCUT2D eigenvalue weighted by Gasteiger charge is 2.42. The second kappa shape index (κ2) is 4.84. The normalized spacial score (nSPS) is 12.4. The molecule has 0 saturated carbocycles. The van der Waals surface area contributed by atoms with Gasteiger partial charge in [0.2, 0.25) is 0 Å². The Kier molecular flexibility index (Phi) is 3.94. The number of carbonyl (C=O) groups excluding carboxylic acids is 2. The zero-order valence-electron chi connectivity index (χ0n) is 8.69. The van der Waals surface area contributed by atoms with Crippen molar-refractivity contribution < 1.29 is 35.9 Å². The average Bonchev–Trinajstić information content (AvgIpc) is 2.23. The Morgan fingerprint density at radius 3 is 1.37 bits per heavy atom. The van der Waals surface area contributed by atoms with Crippen LogP contribution < -0.4 is 0 Å². The smallest absolute Gasteiger partial charge is 0.284 e. The molecule has 0 spiro atoms. The summed E-state index contributed by atoms with van der Waals surface area (Å²) in [6, 6.07) is 1.27. The van der Waals surface area contributed by atoms with Gasteiger partial charge in [-0.15, -0.1) is 0 Å². The molecule has 104 valence electrons. The molecule has 0 saturated heterocycles. The average molecular weight is 305 g/mol. The summed E-state index contributed by atoms with van der Waals surface area (Å²) in [5, 5.41) is -0.581. The third-order valence-corrected chi connectivity index (χ3v) is 2.16. The van der Waals surface area contributed by atoms with Crippen molar-refractivity contribution in [3.05, 3.63) is 34.3 Å². The van der Waals surface area contributed by atoms with Crippen molar-refractivity contribution >= 4 is 23.2 Å². The molecule has 0 aliphatic rings. The lowest BCUT2D eigenvalue weighted by molar-refractivity contribution is -0.0887. The molecule has 2 nitrogen and oxygen atoms in total. The molecule has 0 heterocycles. The van der Waals surface area contributed by atoms with E-state index < -0.39 is 40.1 Å². The summed E-state index contributed by atoms with van der Waals surface area (Å²) in [6.45, 7) is 0. The standard InChI is InChI=1S/C10H3ClF6O2/c11-6-2-4(7(18)9(12,13)14)1-5(3-6)8(19)10(15,16)17/h1-3H. The van der Waals surface area contributed by atoms with E-state index in [1.54, 1.807) is 0 Å². The van der Waals surface area contributed by atoms with Gasteiger partial charge in [-0.1, -0.05) is 11.6 Å². The van der Waals surface area contributed by atoms with E-state index in [9.17, 15) is 35.9 Å². The molecule has 0 atom stereocenters. The predicted octanol–water partition coefficient (Wildman–Crippen LogP) is 3.83. The molecule has 1 rings (SSSR count). The van der Waals surface area contributed by atoms with Crippen molar-refractivity contribution in [1.29, 1.82) is 0 Å². The van der Waals surface area contributed by atoms with Crippen LogP contribution in [0.5, 0.6) is 0 Å². The van der Waals surface area contributed by atoms with Gasteiger partial charge in [0.15, 0.2) is 0 Å². The number of carbonyl (C=O) groups is 2. The molecule has 9 heteroatoms. The summed E-state index contributed by atoms with van der Waals surface area (Å²) in [5.41, 5.74) is -2.26. The zero-order chi connectivity index (χ0) is 15.0. The minimum atomic E-state index is -5.27. The van der Waals surface area contributed by atoms with Crippen molar-refractivity contribution in [2.45, 2.75) is 12.4 Å². The Labute approximate surface area is 107 Å². The summed E-state index contributed by atoms with van der Waals surface area (Å²) in [6.07, 6.45) is -10.5. The Balaban J connectivity index is 3.30. The number of hydrogen-bond donors (Lipinski definition) is 0. The van der Waals surface area contributed by atoms with E-state index in [1.165, 1.54) is 0 Å². The van der Waals surface area contributed by atoms with Gasteiger partial charge in [0, 0.05) is 16.1 Å². The maximum absolute atomic E-state index is 12.1. The molecule has 0 aliphatic heterocycles. The molecule has 0 unspecified atom stereocenters. The summed E-state index contributed by atoms with van der Waals surface area (Å²) in [4.78, 5) is 21.7. The van der Waals surface area contributed by atoms with Gasteiger partial charge >= 0.3 is 12.4 Å². The fourth-order valence-corrected chi connectivity index (χ4v) is 1.41. The second-order valence-corrected chi connectivity index (χ2v) is 3.82. The van der Waals surface area contributed by atoms with Crippen LogP contribution in [0.3, 0.4) is 0 Å². The van der Waals surface area contributed by atoms with Crippen LogP contribution >= 0.6 is 11.6 Å². The molecule has 0 aromatic heterocycles. The van der Waals surface area contributed by atoms with Crippen LogP contribution in [0.15, 0.2) is 18.2 Å². The fraction of sp³-hybridized carbons (Fsp3) is 0.200. The molecule has 0 N–H and O–H groups in total. The summed E-state index contributed by atoms with van der Waals surface area (Å²) < 4.78 is 72.8. The zero-order valence-corrected chi connectivity index (χ0v) is 9.45. The quantitative estimate of drug-likeness (QED) is 0.614. The van der Waals surface area contributed by atoms with Crippen LogP contribution in [0.25, 0.3) is 0 Å². The molecule has 0 bridgehead atoms. The first-order valence-corrected chi connectivity index (χ1v) is 4.84. The predicted molar refractivity (Wildman–Crippen MR) is 52.2 cm³/mol. The first-order valence-electron chi connectivity index (χ1n) is 4.46. The van der Waals surface area contributed by atoms with E-state index >= 15 is 0 Å². The third-order valence-electron chi connectivity index (χ3n) is 1.94. The minimum Gasteiger partial charge on any atom is -0.284 e. The van der Waals surface area contributed by atoms with Crippen molar-refractivity contribution in [2.24, 2.45) is 0 Å². The number of alkyl halides is 6. The monoisotopic (exact) mass is 304 g/mol. The van der Waals surface area contributed by atoms with Crippen LogP contribution in [0.4, 0.5) is 26.3 Å². The molecular weight excluding hydrogens is 302 g/mol. The Hall–Kier alpha value is -1.57. The summed E-state index contributed by atoms with van der Waals surface area (Å²) in [7, 11) is 0. The van der Waals surface area contributed by atoms with Crippen LogP contribution in [-0.2, 0) is 0 Å². The number of benzene rings is 1. The van der Waals surface area contributed by atoms with E-state index in [0.717, 1.165) is 0 Å². The van der Waals surface area contributed by atoms with Gasteiger partial charge in [0.05, 0.1) is 0 Å².